The van der Waals surface area contributed by atoms with Gasteiger partial charge in [-0.05, 0) is 61.9 Å². The normalized spacial score (nSPS) is 13.0. The lowest BCUT2D eigenvalue weighted by Gasteiger charge is -2.11. The first kappa shape index (κ1) is 22.4. The van der Waals surface area contributed by atoms with Gasteiger partial charge >= 0.3 is 5.97 Å². The highest BCUT2D eigenvalue weighted by atomic mass is 32.1. The van der Waals surface area contributed by atoms with E-state index in [1.807, 2.05) is 13.0 Å². The van der Waals surface area contributed by atoms with Crippen LogP contribution < -0.4 is 14.8 Å². The predicted molar refractivity (Wildman–Crippen MR) is 119 cm³/mol. The molecular weight excluding hydrogens is 416 g/mol. The quantitative estimate of drug-likeness (QED) is 0.390. The number of esters is 1. The van der Waals surface area contributed by atoms with Crippen molar-refractivity contribution in [2.75, 3.05) is 26.1 Å². The fourth-order valence-electron chi connectivity index (χ4n) is 3.51. The van der Waals surface area contributed by atoms with Crippen molar-refractivity contribution in [3.63, 3.8) is 0 Å². The summed E-state index contributed by atoms with van der Waals surface area (Å²) >= 11 is 1.38. The van der Waals surface area contributed by atoms with Crippen molar-refractivity contribution in [2.24, 2.45) is 0 Å². The number of aryl methyl sites for hydroxylation is 1. The van der Waals surface area contributed by atoms with Crippen LogP contribution >= 0.6 is 11.3 Å². The molecule has 1 aromatic carbocycles. The summed E-state index contributed by atoms with van der Waals surface area (Å²) in [7, 11) is 2.84. The summed E-state index contributed by atoms with van der Waals surface area (Å²) in [4.78, 5) is 26.3. The molecule has 0 fully saturated rings. The number of amides is 1. The first-order valence-corrected chi connectivity index (χ1v) is 10.8. The minimum Gasteiger partial charge on any atom is -0.493 e. The minimum atomic E-state index is -0.584. The molecule has 0 spiro atoms. The van der Waals surface area contributed by atoms with Gasteiger partial charge in [-0.1, -0.05) is 6.07 Å². The first-order chi connectivity index (χ1) is 15.0. The summed E-state index contributed by atoms with van der Waals surface area (Å²) in [5.74, 6) is 0.0248. The van der Waals surface area contributed by atoms with Crippen LogP contribution in [0.3, 0.4) is 0 Å². The average Bonchev–Trinajstić information content (AvgIpc) is 3.15. The number of fused-ring (bicyclic) bond motifs is 1. The van der Waals surface area contributed by atoms with E-state index in [-0.39, 0.29) is 5.57 Å². The molecule has 7 nitrogen and oxygen atoms in total. The number of rotatable bonds is 7. The summed E-state index contributed by atoms with van der Waals surface area (Å²) in [5.41, 5.74) is 1.87. The van der Waals surface area contributed by atoms with E-state index >= 15 is 0 Å². The van der Waals surface area contributed by atoms with Gasteiger partial charge in [0, 0.05) is 4.88 Å². The van der Waals surface area contributed by atoms with E-state index in [0.29, 0.717) is 34.2 Å². The summed E-state index contributed by atoms with van der Waals surface area (Å²) in [6, 6.07) is 7.10. The van der Waals surface area contributed by atoms with E-state index < -0.39 is 11.9 Å². The van der Waals surface area contributed by atoms with Crippen molar-refractivity contribution in [1.29, 1.82) is 5.26 Å². The Balaban J connectivity index is 1.90. The SMILES string of the molecule is CCOc1ccc(C=C(C#N)C(=O)Nc2sc3c(c2C(=O)OC)CCCC3)cc1OC. The molecule has 162 valence electrons. The standard InChI is InChI=1S/C23H24N2O5S/c1-4-30-17-10-9-14(12-18(17)28-2)11-15(13-24)21(26)25-22-20(23(27)29-3)16-7-5-6-8-19(16)31-22/h9-12H,4-8H2,1-3H3,(H,25,26). The van der Waals surface area contributed by atoms with Gasteiger partial charge in [0.1, 0.15) is 16.6 Å². The zero-order valence-electron chi connectivity index (χ0n) is 17.7. The maximum Gasteiger partial charge on any atom is 0.341 e. The lowest BCUT2D eigenvalue weighted by atomic mass is 9.95. The van der Waals surface area contributed by atoms with Crippen molar-refractivity contribution < 1.29 is 23.8 Å². The Bertz CT molecular complexity index is 1060. The highest BCUT2D eigenvalue weighted by Gasteiger charge is 2.27. The Labute approximate surface area is 185 Å². The number of carbonyl (C=O) groups excluding carboxylic acids is 2. The van der Waals surface area contributed by atoms with E-state index in [9.17, 15) is 14.9 Å². The molecule has 3 rings (SSSR count). The smallest absolute Gasteiger partial charge is 0.341 e. The van der Waals surface area contributed by atoms with Crippen LogP contribution in [0.25, 0.3) is 6.08 Å². The number of anilines is 1. The summed E-state index contributed by atoms with van der Waals surface area (Å²) in [6.07, 6.45) is 5.15. The fourth-order valence-corrected chi connectivity index (χ4v) is 4.78. The highest BCUT2D eigenvalue weighted by molar-refractivity contribution is 7.17. The van der Waals surface area contributed by atoms with E-state index in [1.54, 1.807) is 18.2 Å². The monoisotopic (exact) mass is 440 g/mol. The van der Waals surface area contributed by atoms with Gasteiger partial charge in [0.15, 0.2) is 11.5 Å². The van der Waals surface area contributed by atoms with Crippen molar-refractivity contribution in [3.8, 4) is 17.6 Å². The number of hydrogen-bond acceptors (Lipinski definition) is 7. The Morgan fingerprint density at radius 2 is 2.00 bits per heavy atom. The summed E-state index contributed by atoms with van der Waals surface area (Å²) < 4.78 is 15.8. The molecule has 0 radical (unpaired) electrons. The lowest BCUT2D eigenvalue weighted by Crippen LogP contribution is -2.16. The summed E-state index contributed by atoms with van der Waals surface area (Å²) in [5, 5.41) is 12.7. The third kappa shape index (κ3) is 4.89. The zero-order chi connectivity index (χ0) is 22.4. The molecule has 1 aliphatic carbocycles. The largest absolute Gasteiger partial charge is 0.493 e. The molecule has 1 N–H and O–H groups in total. The molecule has 31 heavy (non-hydrogen) atoms. The molecule has 0 aliphatic heterocycles. The number of hydrogen-bond donors (Lipinski definition) is 1. The molecule has 1 heterocycles. The molecular formula is C23H24N2O5S. The molecule has 1 amide bonds. The average molecular weight is 441 g/mol. The first-order valence-electron chi connectivity index (χ1n) is 9.99. The maximum absolute atomic E-state index is 12.8. The van der Waals surface area contributed by atoms with Gasteiger partial charge in [-0.2, -0.15) is 5.26 Å². The Hall–Kier alpha value is -3.31. The molecule has 8 heteroatoms. The van der Waals surface area contributed by atoms with Gasteiger partial charge in [-0.3, -0.25) is 4.79 Å². The van der Waals surface area contributed by atoms with Crippen LogP contribution in [-0.2, 0) is 22.4 Å². The fraction of sp³-hybridized carbons (Fsp3) is 0.348. The van der Waals surface area contributed by atoms with Gasteiger partial charge in [-0.15, -0.1) is 11.3 Å². The Morgan fingerprint density at radius 1 is 1.23 bits per heavy atom. The van der Waals surface area contributed by atoms with Gasteiger partial charge in [-0.25, -0.2) is 4.79 Å². The van der Waals surface area contributed by atoms with Crippen molar-refractivity contribution in [1.82, 2.24) is 0 Å². The minimum absolute atomic E-state index is 0.0894. The van der Waals surface area contributed by atoms with Crippen LogP contribution in [-0.4, -0.2) is 32.7 Å². The topological polar surface area (TPSA) is 97.7 Å². The third-order valence-corrected chi connectivity index (χ3v) is 6.16. The number of ether oxygens (including phenoxy) is 3. The van der Waals surface area contributed by atoms with E-state index in [4.69, 9.17) is 14.2 Å². The van der Waals surface area contributed by atoms with Crippen LogP contribution in [0.1, 0.15) is 46.1 Å². The molecule has 0 atom stereocenters. The molecule has 0 bridgehead atoms. The van der Waals surface area contributed by atoms with Gasteiger partial charge < -0.3 is 19.5 Å². The van der Waals surface area contributed by atoms with Crippen LogP contribution in [0.5, 0.6) is 11.5 Å². The molecule has 0 saturated heterocycles. The molecule has 1 aliphatic rings. The number of benzene rings is 1. The van der Waals surface area contributed by atoms with E-state index in [0.717, 1.165) is 36.1 Å². The number of methoxy groups -OCH3 is 2. The number of carbonyl (C=O) groups is 2. The number of thiophene rings is 1. The highest BCUT2D eigenvalue weighted by Crippen LogP contribution is 2.38. The van der Waals surface area contributed by atoms with Crippen molar-refractivity contribution >= 4 is 34.3 Å². The molecule has 0 saturated carbocycles. The summed E-state index contributed by atoms with van der Waals surface area (Å²) in [6.45, 7) is 2.36. The van der Waals surface area contributed by atoms with Crippen molar-refractivity contribution in [2.45, 2.75) is 32.6 Å². The van der Waals surface area contributed by atoms with Crippen LogP contribution in [0, 0.1) is 11.3 Å². The van der Waals surface area contributed by atoms with E-state index in [2.05, 4.69) is 5.32 Å². The molecule has 0 unspecified atom stereocenters. The Morgan fingerprint density at radius 3 is 2.68 bits per heavy atom. The van der Waals surface area contributed by atoms with Crippen LogP contribution in [0.4, 0.5) is 5.00 Å². The van der Waals surface area contributed by atoms with Gasteiger partial charge in [0.05, 0.1) is 26.4 Å². The lowest BCUT2D eigenvalue weighted by molar-refractivity contribution is -0.112. The second-order valence-electron chi connectivity index (χ2n) is 6.87. The third-order valence-electron chi connectivity index (χ3n) is 4.95. The number of nitrogens with zero attached hydrogens (tertiary/aromatic N) is 1. The predicted octanol–water partition coefficient (Wildman–Crippen LogP) is 4.37. The van der Waals surface area contributed by atoms with Gasteiger partial charge in [0.2, 0.25) is 0 Å². The van der Waals surface area contributed by atoms with E-state index in [1.165, 1.54) is 31.6 Å². The Kier molecular flexibility index (Phi) is 7.32. The zero-order valence-corrected chi connectivity index (χ0v) is 18.6. The maximum atomic E-state index is 12.8. The number of nitriles is 1. The number of nitrogens with one attached hydrogen (secondary N) is 1. The second kappa shape index (κ2) is 10.1. The molecule has 2 aromatic rings. The van der Waals surface area contributed by atoms with Crippen LogP contribution in [0.2, 0.25) is 0 Å². The second-order valence-corrected chi connectivity index (χ2v) is 7.98. The van der Waals surface area contributed by atoms with Crippen molar-refractivity contribution in [3.05, 3.63) is 45.3 Å². The molecule has 1 aromatic heterocycles. The van der Waals surface area contributed by atoms with Gasteiger partial charge in [0.25, 0.3) is 5.91 Å². The van der Waals surface area contributed by atoms with Crippen LogP contribution in [0.15, 0.2) is 23.8 Å².